The second kappa shape index (κ2) is 5.29. The Balaban J connectivity index is 2.09. The minimum Gasteiger partial charge on any atom is -0.497 e. The molecular weight excluding hydrogens is 276 g/mol. The second-order valence-electron chi connectivity index (χ2n) is 7.29. The fourth-order valence-electron chi connectivity index (χ4n) is 5.04. The van der Waals surface area contributed by atoms with Crippen LogP contribution in [0.4, 0.5) is 0 Å². The van der Waals surface area contributed by atoms with E-state index in [0.717, 1.165) is 37.9 Å². The van der Waals surface area contributed by atoms with E-state index < -0.39 is 0 Å². The third-order valence-corrected chi connectivity index (χ3v) is 6.22. The number of ether oxygens (including phenoxy) is 2. The highest BCUT2D eigenvalue weighted by atomic mass is 16.5. The van der Waals surface area contributed by atoms with E-state index in [0.29, 0.717) is 5.92 Å². The minimum absolute atomic E-state index is 0.0311. The molecule has 0 heterocycles. The predicted octanol–water partition coefficient (Wildman–Crippen LogP) is 3.88. The summed E-state index contributed by atoms with van der Waals surface area (Å²) in [5.41, 5.74) is 2.44. The fourth-order valence-corrected chi connectivity index (χ4v) is 5.04. The van der Waals surface area contributed by atoms with Crippen molar-refractivity contribution in [1.29, 1.82) is 0 Å². The van der Waals surface area contributed by atoms with Crippen molar-refractivity contribution in [2.75, 3.05) is 14.2 Å². The molecule has 0 aliphatic heterocycles. The molecule has 1 aromatic rings. The number of methoxy groups -OCH3 is 2. The van der Waals surface area contributed by atoms with Crippen LogP contribution < -0.4 is 4.74 Å². The molecule has 0 unspecified atom stereocenters. The second-order valence-corrected chi connectivity index (χ2v) is 7.29. The average Bonchev–Trinajstić information content (AvgIpc) is 2.53. The Morgan fingerprint density at radius 1 is 1.23 bits per heavy atom. The molecule has 22 heavy (non-hydrogen) atoms. The quantitative estimate of drug-likeness (QED) is 0.778. The van der Waals surface area contributed by atoms with Crippen LogP contribution in [0.1, 0.15) is 50.7 Å². The van der Waals surface area contributed by atoms with E-state index in [1.54, 1.807) is 7.11 Å². The van der Waals surface area contributed by atoms with E-state index in [1.165, 1.54) is 18.2 Å². The number of carbonyl (C=O) groups excluding carboxylic acids is 1. The minimum atomic E-state index is -0.373. The van der Waals surface area contributed by atoms with Gasteiger partial charge in [0.2, 0.25) is 0 Å². The molecule has 3 heteroatoms. The van der Waals surface area contributed by atoms with Crippen LogP contribution in [0, 0.1) is 11.3 Å². The Kier molecular flexibility index (Phi) is 3.70. The van der Waals surface area contributed by atoms with Gasteiger partial charge in [0.25, 0.3) is 0 Å². The molecule has 3 nitrogen and oxygen atoms in total. The van der Waals surface area contributed by atoms with Crippen molar-refractivity contribution in [3.8, 4) is 5.75 Å². The Morgan fingerprint density at radius 3 is 2.68 bits per heavy atom. The first-order chi connectivity index (χ1) is 10.5. The number of carbonyl (C=O) groups is 1. The summed E-state index contributed by atoms with van der Waals surface area (Å²) in [7, 11) is 3.23. The van der Waals surface area contributed by atoms with Crippen molar-refractivity contribution in [2.24, 2.45) is 11.3 Å². The topological polar surface area (TPSA) is 35.5 Å². The molecule has 0 saturated heterocycles. The molecule has 120 valence electrons. The van der Waals surface area contributed by atoms with Crippen LogP contribution in [0.15, 0.2) is 18.2 Å². The summed E-state index contributed by atoms with van der Waals surface area (Å²) < 4.78 is 10.6. The molecule has 0 amide bonds. The van der Waals surface area contributed by atoms with Gasteiger partial charge in [-0.05, 0) is 67.2 Å². The first-order valence-electron chi connectivity index (χ1n) is 8.21. The van der Waals surface area contributed by atoms with Crippen LogP contribution in [0.3, 0.4) is 0 Å². The Labute approximate surface area is 133 Å². The number of aryl methyl sites for hydroxylation is 1. The average molecular weight is 302 g/mol. The largest absolute Gasteiger partial charge is 0.497 e. The first kappa shape index (κ1) is 15.4. The van der Waals surface area contributed by atoms with E-state index in [1.807, 2.05) is 6.07 Å². The lowest BCUT2D eigenvalue weighted by Gasteiger charge is -2.54. The molecule has 2 aliphatic carbocycles. The van der Waals surface area contributed by atoms with Gasteiger partial charge in [-0.2, -0.15) is 0 Å². The smallest absolute Gasteiger partial charge is 0.311 e. The molecule has 2 aliphatic rings. The van der Waals surface area contributed by atoms with Crippen molar-refractivity contribution in [3.63, 3.8) is 0 Å². The maximum atomic E-state index is 12.5. The van der Waals surface area contributed by atoms with Crippen LogP contribution in [0.5, 0.6) is 5.75 Å². The molecule has 0 radical (unpaired) electrons. The van der Waals surface area contributed by atoms with Gasteiger partial charge in [0.05, 0.1) is 19.6 Å². The molecule has 0 aromatic heterocycles. The number of fused-ring (bicyclic) bond motifs is 3. The summed E-state index contributed by atoms with van der Waals surface area (Å²) in [6, 6.07) is 6.43. The third-order valence-electron chi connectivity index (χ3n) is 6.22. The summed E-state index contributed by atoms with van der Waals surface area (Å²) in [5, 5.41) is 0. The highest BCUT2D eigenvalue weighted by Gasteiger charge is 2.55. The van der Waals surface area contributed by atoms with E-state index >= 15 is 0 Å². The van der Waals surface area contributed by atoms with Gasteiger partial charge in [0.1, 0.15) is 5.75 Å². The van der Waals surface area contributed by atoms with Gasteiger partial charge in [-0.15, -0.1) is 0 Å². The van der Waals surface area contributed by atoms with Crippen LogP contribution in [-0.2, 0) is 21.4 Å². The number of esters is 1. The zero-order valence-electron chi connectivity index (χ0n) is 14.1. The zero-order valence-corrected chi connectivity index (χ0v) is 14.1. The first-order valence-corrected chi connectivity index (χ1v) is 8.21. The van der Waals surface area contributed by atoms with Gasteiger partial charge in [-0.25, -0.2) is 0 Å². The van der Waals surface area contributed by atoms with Gasteiger partial charge < -0.3 is 9.47 Å². The molecular formula is C19H26O3. The number of hydrogen-bond donors (Lipinski definition) is 0. The van der Waals surface area contributed by atoms with Gasteiger partial charge in [-0.3, -0.25) is 4.79 Å². The lowest BCUT2D eigenvalue weighted by atomic mass is 9.50. The number of hydrogen-bond acceptors (Lipinski definition) is 3. The lowest BCUT2D eigenvalue weighted by molar-refractivity contribution is -0.161. The van der Waals surface area contributed by atoms with Gasteiger partial charge in [-0.1, -0.05) is 19.4 Å². The van der Waals surface area contributed by atoms with Gasteiger partial charge in [0.15, 0.2) is 0 Å². The molecule has 3 rings (SSSR count). The van der Waals surface area contributed by atoms with Crippen LogP contribution in [0.25, 0.3) is 0 Å². The van der Waals surface area contributed by atoms with Crippen LogP contribution in [-0.4, -0.2) is 20.2 Å². The molecule has 3 atom stereocenters. The monoisotopic (exact) mass is 302 g/mol. The van der Waals surface area contributed by atoms with Crippen molar-refractivity contribution < 1.29 is 14.3 Å². The summed E-state index contributed by atoms with van der Waals surface area (Å²) in [6.07, 6.45) is 5.21. The van der Waals surface area contributed by atoms with E-state index in [-0.39, 0.29) is 16.8 Å². The molecule has 0 bridgehead atoms. The Morgan fingerprint density at radius 2 is 2.00 bits per heavy atom. The normalized spacial score (nSPS) is 33.5. The van der Waals surface area contributed by atoms with Crippen molar-refractivity contribution in [1.82, 2.24) is 0 Å². The molecule has 1 aromatic carbocycles. The maximum Gasteiger partial charge on any atom is 0.311 e. The third kappa shape index (κ3) is 2.05. The molecule has 1 saturated carbocycles. The summed E-state index contributed by atoms with van der Waals surface area (Å²) in [4.78, 5) is 12.5. The highest BCUT2D eigenvalue weighted by Crippen LogP contribution is 2.57. The summed E-state index contributed by atoms with van der Waals surface area (Å²) >= 11 is 0. The van der Waals surface area contributed by atoms with Crippen molar-refractivity contribution in [2.45, 2.75) is 51.4 Å². The lowest BCUT2D eigenvalue weighted by Crippen LogP contribution is -2.52. The predicted molar refractivity (Wildman–Crippen MR) is 86.1 cm³/mol. The van der Waals surface area contributed by atoms with Crippen molar-refractivity contribution >= 4 is 5.97 Å². The Bertz CT molecular complexity index is 594. The Hall–Kier alpha value is -1.51. The number of benzene rings is 1. The molecule has 1 fully saturated rings. The standard InChI is InChI=1S/C19H26O3/c1-18-10-5-11-19(2,17(20)22-4)16(18)9-7-13-6-8-14(21-3)12-15(13)18/h6,8,12,16H,5,7,9-11H2,1-4H3/t16-,18+,19-/m0/s1. The summed E-state index contributed by atoms with van der Waals surface area (Å²) in [5.74, 6) is 1.20. The van der Waals surface area contributed by atoms with Crippen LogP contribution >= 0.6 is 0 Å². The van der Waals surface area contributed by atoms with E-state index in [4.69, 9.17) is 9.47 Å². The van der Waals surface area contributed by atoms with E-state index in [2.05, 4.69) is 26.0 Å². The van der Waals surface area contributed by atoms with Gasteiger partial charge in [0, 0.05) is 0 Å². The van der Waals surface area contributed by atoms with E-state index in [9.17, 15) is 4.79 Å². The van der Waals surface area contributed by atoms with Crippen molar-refractivity contribution in [3.05, 3.63) is 29.3 Å². The molecule has 0 N–H and O–H groups in total. The highest BCUT2D eigenvalue weighted by molar-refractivity contribution is 5.77. The van der Waals surface area contributed by atoms with Gasteiger partial charge >= 0.3 is 5.97 Å². The maximum absolute atomic E-state index is 12.5. The zero-order chi connectivity index (χ0) is 16.0. The van der Waals surface area contributed by atoms with Crippen LogP contribution in [0.2, 0.25) is 0 Å². The fraction of sp³-hybridized carbons (Fsp3) is 0.632. The number of rotatable bonds is 2. The molecule has 0 spiro atoms. The summed E-state index contributed by atoms with van der Waals surface area (Å²) in [6.45, 7) is 4.43. The SMILES string of the molecule is COC(=O)[C@@]1(C)CCC[C@]2(C)c3cc(OC)ccc3CC[C@H]12.